The highest BCUT2D eigenvalue weighted by molar-refractivity contribution is 7.78. The third-order valence-electron chi connectivity index (χ3n) is 12.0. The van der Waals surface area contributed by atoms with E-state index in [0.29, 0.717) is 58.0 Å². The van der Waals surface area contributed by atoms with Gasteiger partial charge in [0, 0.05) is 51.4 Å². The number of carboxylic acids is 3. The quantitative estimate of drug-likeness (QED) is 0.0230. The SMILES string of the molecule is O=C(O)CCCCCCCCCCCCCCCCCC(=O)NCC1=CC[C@H](C(=O)N[C@@H](CCC(=O)NCCOCCOCC(=O)NCCOCCOCC(=O)NCCCC[C@H](NS)C(=O)O)C(=O)O)CC1. The standard InChI is InChI=1S/C50H88N6O15S/c57-43(19-14-12-10-8-6-4-2-1-3-5-7-9-11-13-15-20-47(61)62)54-36-39-21-23-40(24-22-39)48(63)55-41(49(64)65)25-26-44(58)52-28-30-68-32-35-71-38-46(60)53-29-31-69-33-34-70-37-45(59)51-27-17-16-18-42(56-72)50(66)67/h21,40-42,56,72H,1-20,22-38H2,(H,51,59)(H,52,58)(H,53,60)(H,54,57)(H,55,63)(H,61,62)(H,64,65)(H,66,67)/t40-,41-,42-/m0/s1. The van der Waals surface area contributed by atoms with E-state index in [-0.39, 0.29) is 115 Å². The summed E-state index contributed by atoms with van der Waals surface area (Å²) in [4.78, 5) is 94.8. The summed E-state index contributed by atoms with van der Waals surface area (Å²) < 4.78 is 23.7. The molecule has 0 aromatic heterocycles. The number of hydrogen-bond acceptors (Lipinski definition) is 14. The fraction of sp³-hybridized carbons (Fsp3) is 0.800. The first-order chi connectivity index (χ1) is 34.8. The summed E-state index contributed by atoms with van der Waals surface area (Å²) in [6, 6.07) is -1.95. The summed E-state index contributed by atoms with van der Waals surface area (Å²) >= 11 is 3.78. The number of unbranched alkanes of at least 4 members (excludes halogenated alkanes) is 15. The van der Waals surface area contributed by atoms with Crippen molar-refractivity contribution >= 4 is 60.3 Å². The minimum Gasteiger partial charge on any atom is -0.481 e. The van der Waals surface area contributed by atoms with E-state index < -0.39 is 35.9 Å². The van der Waals surface area contributed by atoms with Crippen LogP contribution in [0.3, 0.4) is 0 Å². The molecule has 0 spiro atoms. The maximum Gasteiger partial charge on any atom is 0.326 e. The molecule has 21 nitrogen and oxygen atoms in total. The van der Waals surface area contributed by atoms with Gasteiger partial charge in [0.2, 0.25) is 29.5 Å². The van der Waals surface area contributed by atoms with Crippen LogP contribution in [0.15, 0.2) is 11.6 Å². The van der Waals surface area contributed by atoms with Gasteiger partial charge in [-0.05, 0) is 57.8 Å². The number of allylic oxidation sites excluding steroid dienone is 1. The van der Waals surface area contributed by atoms with Crippen molar-refractivity contribution in [3.63, 3.8) is 0 Å². The number of carboxylic acid groups (broad SMARTS) is 3. The van der Waals surface area contributed by atoms with Gasteiger partial charge in [0.25, 0.3) is 0 Å². The van der Waals surface area contributed by atoms with Crippen LogP contribution < -0.4 is 31.3 Å². The van der Waals surface area contributed by atoms with Gasteiger partial charge < -0.3 is 60.9 Å². The monoisotopic (exact) mass is 1040 g/mol. The molecule has 22 heteroatoms. The van der Waals surface area contributed by atoms with Crippen molar-refractivity contribution in [1.29, 1.82) is 0 Å². The topological polar surface area (TPSA) is 306 Å². The zero-order valence-corrected chi connectivity index (χ0v) is 43.6. The molecule has 0 aromatic rings. The van der Waals surface area contributed by atoms with Gasteiger partial charge in [0.15, 0.2) is 0 Å². The van der Waals surface area contributed by atoms with Crippen LogP contribution in [-0.2, 0) is 57.3 Å². The minimum absolute atomic E-state index is 0.0217. The second-order valence-corrected chi connectivity index (χ2v) is 18.4. The number of hydrogen-bond donors (Lipinski definition) is 10. The second-order valence-electron chi connectivity index (χ2n) is 18.1. The lowest BCUT2D eigenvalue weighted by molar-refractivity contribution is -0.143. The molecule has 9 N–H and O–H groups in total. The minimum atomic E-state index is -1.22. The molecule has 1 aliphatic carbocycles. The lowest BCUT2D eigenvalue weighted by Crippen LogP contribution is -2.44. The Morgan fingerprint density at radius 1 is 0.514 bits per heavy atom. The average Bonchev–Trinajstić information content (AvgIpc) is 3.35. The molecule has 0 radical (unpaired) electrons. The number of aliphatic carboxylic acids is 3. The molecule has 0 saturated heterocycles. The fourth-order valence-electron chi connectivity index (χ4n) is 7.70. The Morgan fingerprint density at radius 2 is 0.986 bits per heavy atom. The van der Waals surface area contributed by atoms with Gasteiger partial charge in [-0.15, -0.1) is 0 Å². The van der Waals surface area contributed by atoms with Crippen LogP contribution >= 0.6 is 12.8 Å². The van der Waals surface area contributed by atoms with E-state index >= 15 is 0 Å². The van der Waals surface area contributed by atoms with Gasteiger partial charge in [-0.1, -0.05) is 108 Å². The van der Waals surface area contributed by atoms with Crippen LogP contribution in [0.4, 0.5) is 0 Å². The fourth-order valence-corrected chi connectivity index (χ4v) is 7.94. The lowest BCUT2D eigenvalue weighted by Gasteiger charge is -2.23. The van der Waals surface area contributed by atoms with Crippen LogP contribution in [0.2, 0.25) is 0 Å². The van der Waals surface area contributed by atoms with Crippen molar-refractivity contribution in [1.82, 2.24) is 31.3 Å². The molecule has 5 amide bonds. The van der Waals surface area contributed by atoms with E-state index in [1.807, 2.05) is 6.08 Å². The number of amides is 5. The average molecular weight is 1050 g/mol. The van der Waals surface area contributed by atoms with Gasteiger partial charge in [0.1, 0.15) is 25.3 Å². The lowest BCUT2D eigenvalue weighted by atomic mass is 9.88. The highest BCUT2D eigenvalue weighted by atomic mass is 32.1. The largest absolute Gasteiger partial charge is 0.481 e. The maximum absolute atomic E-state index is 12.9. The predicted molar refractivity (Wildman–Crippen MR) is 273 cm³/mol. The third kappa shape index (κ3) is 39.2. The smallest absolute Gasteiger partial charge is 0.326 e. The molecule has 3 atom stereocenters. The molecule has 1 aliphatic rings. The number of rotatable bonds is 49. The number of ether oxygens (including phenoxy) is 4. The number of thiol groups is 1. The molecule has 0 bridgehead atoms. The van der Waals surface area contributed by atoms with Crippen molar-refractivity contribution < 1.29 is 72.6 Å². The Labute approximate surface area is 432 Å². The van der Waals surface area contributed by atoms with Gasteiger partial charge >= 0.3 is 17.9 Å². The molecule has 0 unspecified atom stereocenters. The molecule has 0 heterocycles. The maximum atomic E-state index is 12.9. The zero-order chi connectivity index (χ0) is 52.9. The molecule has 1 rings (SSSR count). The summed E-state index contributed by atoms with van der Waals surface area (Å²) in [7, 11) is 0. The second kappa shape index (κ2) is 45.3. The van der Waals surface area contributed by atoms with Crippen molar-refractivity contribution in [2.45, 2.75) is 173 Å². The molecule has 72 heavy (non-hydrogen) atoms. The summed E-state index contributed by atoms with van der Waals surface area (Å²) in [5, 5.41) is 40.9. The summed E-state index contributed by atoms with van der Waals surface area (Å²) in [5.74, 6) is -4.66. The highest BCUT2D eigenvalue weighted by Gasteiger charge is 2.27. The number of carbonyl (C=O) groups excluding carboxylic acids is 5. The highest BCUT2D eigenvalue weighted by Crippen LogP contribution is 2.24. The van der Waals surface area contributed by atoms with Crippen LogP contribution in [0.25, 0.3) is 0 Å². The first-order valence-electron chi connectivity index (χ1n) is 26.2. The van der Waals surface area contributed by atoms with Crippen LogP contribution in [-0.4, -0.2) is 154 Å². The predicted octanol–water partition coefficient (Wildman–Crippen LogP) is 4.37. The van der Waals surface area contributed by atoms with E-state index in [0.717, 1.165) is 44.1 Å². The van der Waals surface area contributed by atoms with Crippen molar-refractivity contribution in [2.24, 2.45) is 5.92 Å². The Bertz CT molecular complexity index is 1570. The number of carbonyl (C=O) groups is 8. The van der Waals surface area contributed by atoms with Crippen LogP contribution in [0, 0.1) is 5.92 Å². The normalized spacial score (nSPS) is 14.1. The molecule has 0 saturated carbocycles. The van der Waals surface area contributed by atoms with E-state index in [1.165, 1.54) is 57.8 Å². The van der Waals surface area contributed by atoms with E-state index in [4.69, 9.17) is 29.2 Å². The van der Waals surface area contributed by atoms with Gasteiger partial charge in [-0.25, -0.2) is 4.79 Å². The molecule has 0 aromatic carbocycles. The van der Waals surface area contributed by atoms with Crippen molar-refractivity contribution in [3.05, 3.63) is 11.6 Å². The van der Waals surface area contributed by atoms with E-state index in [9.17, 15) is 43.5 Å². The number of nitrogens with one attached hydrogen (secondary N) is 6. The van der Waals surface area contributed by atoms with Crippen molar-refractivity contribution in [3.8, 4) is 0 Å². The summed E-state index contributed by atoms with van der Waals surface area (Å²) in [5.41, 5.74) is 1.05. The molecule has 0 fully saturated rings. The molecular formula is C50H88N6O15S. The summed E-state index contributed by atoms with van der Waals surface area (Å²) in [6.45, 7) is 2.09. The van der Waals surface area contributed by atoms with Crippen molar-refractivity contribution in [2.75, 3.05) is 79.0 Å². The van der Waals surface area contributed by atoms with E-state index in [2.05, 4.69) is 44.1 Å². The molecule has 0 aliphatic heterocycles. The first kappa shape index (κ1) is 65.7. The van der Waals surface area contributed by atoms with Gasteiger partial charge in [0.05, 0.1) is 39.6 Å². The molecular weight excluding hydrogens is 957 g/mol. The Balaban J connectivity index is 2.00. The summed E-state index contributed by atoms with van der Waals surface area (Å²) in [6.07, 6.45) is 22.9. The Kier molecular flexibility index (Phi) is 41.3. The van der Waals surface area contributed by atoms with E-state index in [1.54, 1.807) is 0 Å². The first-order valence-corrected chi connectivity index (χ1v) is 26.7. The third-order valence-corrected chi connectivity index (χ3v) is 12.3. The zero-order valence-electron chi connectivity index (χ0n) is 42.7. The Morgan fingerprint density at radius 3 is 1.47 bits per heavy atom. The molecule has 414 valence electrons. The Hall–Kier alpha value is -4.35. The van der Waals surface area contributed by atoms with Gasteiger partial charge in [-0.2, -0.15) is 0 Å². The van der Waals surface area contributed by atoms with Gasteiger partial charge in [-0.3, -0.25) is 38.3 Å². The van der Waals surface area contributed by atoms with Crippen LogP contribution in [0.1, 0.15) is 161 Å². The van der Waals surface area contributed by atoms with Crippen LogP contribution in [0.5, 0.6) is 0 Å².